The molecular formula is C22H22Cl2N4O5. The summed E-state index contributed by atoms with van der Waals surface area (Å²) >= 11 is 11.8. The fourth-order valence-electron chi connectivity index (χ4n) is 2.91. The number of hydrogen-bond donors (Lipinski definition) is 3. The lowest BCUT2D eigenvalue weighted by Crippen LogP contribution is -2.41. The van der Waals surface area contributed by atoms with Crippen LogP contribution < -0.4 is 20.8 Å². The molecular weight excluding hydrogens is 471 g/mol. The second kappa shape index (κ2) is 12.2. The zero-order valence-corrected chi connectivity index (χ0v) is 19.0. The molecule has 0 bridgehead atoms. The van der Waals surface area contributed by atoms with Crippen molar-refractivity contribution >= 4 is 52.8 Å². The number of halogens is 2. The Morgan fingerprint density at radius 3 is 2.73 bits per heavy atom. The highest BCUT2D eigenvalue weighted by Gasteiger charge is 2.18. The van der Waals surface area contributed by atoms with Crippen molar-refractivity contribution in [2.24, 2.45) is 5.10 Å². The van der Waals surface area contributed by atoms with Crippen LogP contribution in [0.25, 0.3) is 0 Å². The van der Waals surface area contributed by atoms with Crippen LogP contribution >= 0.6 is 23.2 Å². The minimum absolute atomic E-state index is 0.0564. The van der Waals surface area contributed by atoms with Crippen molar-refractivity contribution in [3.8, 4) is 5.75 Å². The first kappa shape index (κ1) is 24.5. The maximum Gasteiger partial charge on any atom is 0.329 e. The van der Waals surface area contributed by atoms with Crippen molar-refractivity contribution in [1.29, 1.82) is 0 Å². The molecule has 174 valence electrons. The topological polar surface area (TPSA) is 118 Å². The van der Waals surface area contributed by atoms with E-state index < -0.39 is 11.8 Å². The second-order valence-corrected chi connectivity index (χ2v) is 7.90. The average Bonchev–Trinajstić information content (AvgIpc) is 3.32. The van der Waals surface area contributed by atoms with Crippen LogP contribution in [0.1, 0.15) is 18.4 Å². The molecule has 3 N–H and O–H groups in total. The van der Waals surface area contributed by atoms with Gasteiger partial charge in [0.15, 0.2) is 6.61 Å². The van der Waals surface area contributed by atoms with Gasteiger partial charge in [0.25, 0.3) is 5.91 Å². The molecule has 1 heterocycles. The molecule has 1 saturated heterocycles. The molecule has 0 radical (unpaired) electrons. The van der Waals surface area contributed by atoms with E-state index in [4.69, 9.17) is 32.7 Å². The molecule has 1 fully saturated rings. The fourth-order valence-corrected chi connectivity index (χ4v) is 3.21. The van der Waals surface area contributed by atoms with Gasteiger partial charge in [-0.25, -0.2) is 5.43 Å². The fraction of sp³-hybridized carbons (Fsp3) is 0.273. The minimum atomic E-state index is -0.879. The van der Waals surface area contributed by atoms with E-state index in [0.717, 1.165) is 12.8 Å². The number of nitrogens with one attached hydrogen (secondary N) is 3. The largest absolute Gasteiger partial charge is 0.484 e. The summed E-state index contributed by atoms with van der Waals surface area (Å²) in [5, 5.41) is 9.66. The highest BCUT2D eigenvalue weighted by atomic mass is 35.5. The molecule has 3 amide bonds. The van der Waals surface area contributed by atoms with E-state index in [9.17, 15) is 14.4 Å². The zero-order chi connectivity index (χ0) is 23.6. The van der Waals surface area contributed by atoms with Crippen molar-refractivity contribution in [3.63, 3.8) is 0 Å². The summed E-state index contributed by atoms with van der Waals surface area (Å²) in [4.78, 5) is 35.7. The number of amides is 3. The van der Waals surface area contributed by atoms with Gasteiger partial charge < -0.3 is 20.1 Å². The lowest BCUT2D eigenvalue weighted by atomic mass is 10.2. The number of carbonyl (C=O) groups is 3. The molecule has 3 rings (SSSR count). The summed E-state index contributed by atoms with van der Waals surface area (Å²) in [6, 6.07) is 11.5. The summed E-state index contributed by atoms with van der Waals surface area (Å²) in [7, 11) is 0. The highest BCUT2D eigenvalue weighted by Crippen LogP contribution is 2.25. The maximum atomic E-state index is 12.1. The van der Waals surface area contributed by atoms with E-state index in [1.54, 1.807) is 36.4 Å². The third-order valence-electron chi connectivity index (χ3n) is 4.53. The average molecular weight is 493 g/mol. The van der Waals surface area contributed by atoms with E-state index in [2.05, 4.69) is 21.2 Å². The third-order valence-corrected chi connectivity index (χ3v) is 5.27. The van der Waals surface area contributed by atoms with E-state index in [0.29, 0.717) is 33.7 Å². The van der Waals surface area contributed by atoms with E-state index in [1.807, 2.05) is 0 Å². The van der Waals surface area contributed by atoms with Crippen LogP contribution in [0.3, 0.4) is 0 Å². The molecule has 0 aromatic heterocycles. The van der Waals surface area contributed by atoms with Crippen molar-refractivity contribution in [3.05, 3.63) is 58.1 Å². The van der Waals surface area contributed by atoms with Gasteiger partial charge in [0.2, 0.25) is 0 Å². The molecule has 11 heteroatoms. The van der Waals surface area contributed by atoms with Gasteiger partial charge >= 0.3 is 11.8 Å². The SMILES string of the molecule is O=C(COc1cccc(/C=N\NC(=O)C(=O)NC[C@H]2CCCO2)c1)Nc1ccc(Cl)c(Cl)c1. The van der Waals surface area contributed by atoms with Crippen LogP contribution in [0.2, 0.25) is 10.0 Å². The first-order valence-electron chi connectivity index (χ1n) is 10.1. The van der Waals surface area contributed by atoms with Crippen LogP contribution in [0.5, 0.6) is 5.75 Å². The quantitative estimate of drug-likeness (QED) is 0.297. The predicted molar refractivity (Wildman–Crippen MR) is 125 cm³/mol. The number of hydrazone groups is 1. The minimum Gasteiger partial charge on any atom is -0.484 e. The first-order chi connectivity index (χ1) is 15.9. The summed E-state index contributed by atoms with van der Waals surface area (Å²) in [5.74, 6) is -1.62. The molecule has 1 aliphatic heterocycles. The summed E-state index contributed by atoms with van der Waals surface area (Å²) in [6.45, 7) is 0.720. The van der Waals surface area contributed by atoms with Crippen LogP contribution in [0.4, 0.5) is 5.69 Å². The number of benzene rings is 2. The zero-order valence-electron chi connectivity index (χ0n) is 17.5. The summed E-state index contributed by atoms with van der Waals surface area (Å²) in [5.41, 5.74) is 3.25. The van der Waals surface area contributed by atoms with Gasteiger partial charge in [-0.3, -0.25) is 14.4 Å². The molecule has 2 aromatic rings. The van der Waals surface area contributed by atoms with Crippen LogP contribution in [-0.2, 0) is 19.1 Å². The lowest BCUT2D eigenvalue weighted by molar-refractivity contribution is -0.139. The van der Waals surface area contributed by atoms with Gasteiger partial charge in [-0.2, -0.15) is 5.10 Å². The molecule has 1 atom stereocenters. The van der Waals surface area contributed by atoms with E-state index in [-0.39, 0.29) is 25.2 Å². The molecule has 9 nitrogen and oxygen atoms in total. The number of carbonyl (C=O) groups excluding carboxylic acids is 3. The molecule has 1 aliphatic rings. The molecule has 0 spiro atoms. The number of nitrogens with zero attached hydrogens (tertiary/aromatic N) is 1. The lowest BCUT2D eigenvalue weighted by Gasteiger charge is -2.09. The Bertz CT molecular complexity index is 1040. The van der Waals surface area contributed by atoms with Crippen molar-refractivity contribution in [2.45, 2.75) is 18.9 Å². The van der Waals surface area contributed by atoms with Gasteiger partial charge in [0.05, 0.1) is 22.4 Å². The standard InChI is InChI=1S/C22H22Cl2N4O5/c23-18-7-6-15(10-19(18)24)27-20(29)13-33-16-4-1-3-14(9-16)11-26-28-22(31)21(30)25-12-17-5-2-8-32-17/h1,3-4,6-7,9-11,17H,2,5,8,12-13H2,(H,25,30)(H,27,29)(H,28,31)/b26-11-/t17-/m1/s1. The van der Waals surface area contributed by atoms with Crippen LogP contribution in [0, 0.1) is 0 Å². The Kier molecular flexibility index (Phi) is 9.05. The maximum absolute atomic E-state index is 12.1. The van der Waals surface area contributed by atoms with Gasteiger partial charge in [0, 0.05) is 18.8 Å². The monoisotopic (exact) mass is 492 g/mol. The number of anilines is 1. The highest BCUT2D eigenvalue weighted by molar-refractivity contribution is 6.42. The third kappa shape index (κ3) is 8.05. The Labute approximate surface area is 200 Å². The van der Waals surface area contributed by atoms with Gasteiger partial charge in [-0.05, 0) is 48.7 Å². The Morgan fingerprint density at radius 2 is 1.97 bits per heavy atom. The van der Waals surface area contributed by atoms with Crippen molar-refractivity contribution in [1.82, 2.24) is 10.7 Å². The van der Waals surface area contributed by atoms with Gasteiger partial charge in [0.1, 0.15) is 5.75 Å². The van der Waals surface area contributed by atoms with Crippen molar-refractivity contribution in [2.75, 3.05) is 25.1 Å². The van der Waals surface area contributed by atoms with E-state index in [1.165, 1.54) is 12.3 Å². The van der Waals surface area contributed by atoms with Crippen LogP contribution in [0.15, 0.2) is 47.6 Å². The summed E-state index contributed by atoms with van der Waals surface area (Å²) < 4.78 is 10.9. The number of ether oxygens (including phenoxy) is 2. The van der Waals surface area contributed by atoms with E-state index >= 15 is 0 Å². The number of hydrogen-bond acceptors (Lipinski definition) is 6. The van der Waals surface area contributed by atoms with Crippen molar-refractivity contribution < 1.29 is 23.9 Å². The summed E-state index contributed by atoms with van der Waals surface area (Å²) in [6.07, 6.45) is 3.10. The second-order valence-electron chi connectivity index (χ2n) is 7.08. The Hall–Kier alpha value is -3.14. The van der Waals surface area contributed by atoms with Gasteiger partial charge in [-0.15, -0.1) is 0 Å². The Morgan fingerprint density at radius 1 is 1.12 bits per heavy atom. The smallest absolute Gasteiger partial charge is 0.329 e. The Balaban J connectivity index is 1.43. The predicted octanol–water partition coefficient (Wildman–Crippen LogP) is 2.76. The van der Waals surface area contributed by atoms with Gasteiger partial charge in [-0.1, -0.05) is 35.3 Å². The molecule has 33 heavy (non-hydrogen) atoms. The molecule has 0 aliphatic carbocycles. The normalized spacial score (nSPS) is 15.3. The molecule has 0 saturated carbocycles. The van der Waals surface area contributed by atoms with Crippen LogP contribution in [-0.4, -0.2) is 49.8 Å². The number of rotatable bonds is 8. The molecule has 0 unspecified atom stereocenters. The molecule has 2 aromatic carbocycles. The first-order valence-corrected chi connectivity index (χ1v) is 10.9.